The van der Waals surface area contributed by atoms with E-state index in [0.29, 0.717) is 16.2 Å². The average molecular weight is 325 g/mol. The molecule has 21 heavy (non-hydrogen) atoms. The molecule has 3 rings (SSSR count). The summed E-state index contributed by atoms with van der Waals surface area (Å²) in [5.74, 6) is 0.713. The minimum atomic E-state index is -3.55. The van der Waals surface area contributed by atoms with Gasteiger partial charge in [0.1, 0.15) is 0 Å². The molecule has 2 atom stereocenters. The summed E-state index contributed by atoms with van der Waals surface area (Å²) >= 11 is 5.93. The van der Waals surface area contributed by atoms with Gasteiger partial charge in [0, 0.05) is 35.1 Å². The maximum Gasteiger partial charge on any atom is 0.241 e. The highest BCUT2D eigenvalue weighted by molar-refractivity contribution is 7.89. The number of hydrogen-bond acceptors (Lipinski definition) is 3. The van der Waals surface area contributed by atoms with E-state index in [1.807, 2.05) is 6.07 Å². The lowest BCUT2D eigenvalue weighted by atomic mass is 10.1. The van der Waals surface area contributed by atoms with Crippen molar-refractivity contribution in [1.29, 1.82) is 0 Å². The second kappa shape index (κ2) is 5.91. The summed E-state index contributed by atoms with van der Waals surface area (Å²) in [4.78, 5) is 4.34. The number of fused-ring (bicyclic) bond motifs is 1. The largest absolute Gasteiger partial charge is 0.264 e. The van der Waals surface area contributed by atoms with Crippen molar-refractivity contribution < 1.29 is 8.42 Å². The van der Waals surface area contributed by atoms with Crippen molar-refractivity contribution in [1.82, 2.24) is 9.71 Å². The summed E-state index contributed by atoms with van der Waals surface area (Å²) in [6.07, 6.45) is 6.13. The van der Waals surface area contributed by atoms with Crippen molar-refractivity contribution in [3.63, 3.8) is 0 Å². The van der Waals surface area contributed by atoms with Crippen molar-refractivity contribution in [2.75, 3.05) is 5.88 Å². The van der Waals surface area contributed by atoms with Crippen LogP contribution in [-0.4, -0.2) is 25.3 Å². The standard InChI is InChI=1S/C15H17ClN2O2S/c16-9-11-3-1-5-14(11)18-21(19,20)15-6-2-4-12-10-17-8-7-13(12)15/h2,4,6-8,10-11,14,18H,1,3,5,9H2. The van der Waals surface area contributed by atoms with Crippen LogP contribution < -0.4 is 4.72 Å². The second-order valence-corrected chi connectivity index (χ2v) is 7.42. The van der Waals surface area contributed by atoms with Crippen LogP contribution in [0.25, 0.3) is 10.8 Å². The number of hydrogen-bond donors (Lipinski definition) is 1. The monoisotopic (exact) mass is 324 g/mol. The van der Waals surface area contributed by atoms with Gasteiger partial charge in [0.05, 0.1) is 4.90 Å². The molecule has 1 aliphatic carbocycles. The molecule has 2 aromatic rings. The molecule has 0 spiro atoms. The van der Waals surface area contributed by atoms with E-state index in [0.717, 1.165) is 24.6 Å². The lowest BCUT2D eigenvalue weighted by Crippen LogP contribution is -2.38. The molecule has 0 bridgehead atoms. The third-order valence-corrected chi connectivity index (χ3v) is 6.04. The molecule has 0 amide bonds. The van der Waals surface area contributed by atoms with Crippen molar-refractivity contribution in [3.8, 4) is 0 Å². The predicted octanol–water partition coefficient (Wildman–Crippen LogP) is 2.92. The number of sulfonamides is 1. The first kappa shape index (κ1) is 14.8. The Bertz CT molecular complexity index is 743. The van der Waals surface area contributed by atoms with E-state index in [-0.39, 0.29) is 12.0 Å². The van der Waals surface area contributed by atoms with E-state index in [4.69, 9.17) is 11.6 Å². The van der Waals surface area contributed by atoms with E-state index >= 15 is 0 Å². The second-order valence-electron chi connectivity index (χ2n) is 5.43. The van der Waals surface area contributed by atoms with Crippen molar-refractivity contribution in [2.24, 2.45) is 5.92 Å². The molecule has 112 valence electrons. The number of benzene rings is 1. The maximum atomic E-state index is 12.7. The Labute approximate surface area is 129 Å². The summed E-state index contributed by atoms with van der Waals surface area (Å²) in [5, 5.41) is 1.51. The first-order valence-corrected chi connectivity index (χ1v) is 9.04. The van der Waals surface area contributed by atoms with Gasteiger partial charge < -0.3 is 0 Å². The third-order valence-electron chi connectivity index (χ3n) is 4.09. The van der Waals surface area contributed by atoms with Gasteiger partial charge in [0.2, 0.25) is 10.0 Å². The van der Waals surface area contributed by atoms with Gasteiger partial charge in [-0.2, -0.15) is 0 Å². The molecule has 4 nitrogen and oxygen atoms in total. The Morgan fingerprint density at radius 2 is 2.14 bits per heavy atom. The number of nitrogens with zero attached hydrogens (tertiary/aromatic N) is 1. The average Bonchev–Trinajstić information content (AvgIpc) is 2.93. The van der Waals surface area contributed by atoms with Gasteiger partial charge >= 0.3 is 0 Å². The number of rotatable bonds is 4. The number of pyridine rings is 1. The van der Waals surface area contributed by atoms with Gasteiger partial charge in [-0.15, -0.1) is 11.6 Å². The molecule has 1 aliphatic rings. The van der Waals surface area contributed by atoms with Gasteiger partial charge in [-0.05, 0) is 30.9 Å². The van der Waals surface area contributed by atoms with E-state index in [9.17, 15) is 8.42 Å². The fourth-order valence-electron chi connectivity index (χ4n) is 2.97. The summed E-state index contributed by atoms with van der Waals surface area (Å²) in [7, 11) is -3.55. The zero-order valence-corrected chi connectivity index (χ0v) is 13.1. The molecule has 1 heterocycles. The van der Waals surface area contributed by atoms with Crippen LogP contribution in [0.3, 0.4) is 0 Å². The summed E-state index contributed by atoms with van der Waals surface area (Å²) in [5.41, 5.74) is 0. The van der Waals surface area contributed by atoms with E-state index in [1.54, 1.807) is 30.6 Å². The molecule has 0 saturated heterocycles. The van der Waals surface area contributed by atoms with Crippen molar-refractivity contribution >= 4 is 32.4 Å². The summed E-state index contributed by atoms with van der Waals surface area (Å²) in [6, 6.07) is 6.90. The van der Waals surface area contributed by atoms with E-state index in [1.165, 1.54) is 0 Å². The number of aromatic nitrogens is 1. The normalized spacial score (nSPS) is 22.7. The lowest BCUT2D eigenvalue weighted by molar-refractivity contribution is 0.481. The summed E-state index contributed by atoms with van der Waals surface area (Å²) in [6.45, 7) is 0. The minimum absolute atomic E-state index is 0.0652. The van der Waals surface area contributed by atoms with Crippen LogP contribution in [0.1, 0.15) is 19.3 Å². The Kier molecular flexibility index (Phi) is 4.15. The maximum absolute atomic E-state index is 12.7. The van der Waals surface area contributed by atoms with Gasteiger partial charge in [-0.25, -0.2) is 13.1 Å². The summed E-state index contributed by atoms with van der Waals surface area (Å²) < 4.78 is 28.2. The molecular formula is C15H17ClN2O2S. The smallest absolute Gasteiger partial charge is 0.241 e. The molecule has 1 N–H and O–H groups in total. The number of halogens is 1. The Morgan fingerprint density at radius 1 is 1.29 bits per heavy atom. The zero-order valence-electron chi connectivity index (χ0n) is 11.5. The van der Waals surface area contributed by atoms with Crippen LogP contribution in [0, 0.1) is 5.92 Å². The first-order valence-electron chi connectivity index (χ1n) is 7.03. The lowest BCUT2D eigenvalue weighted by Gasteiger charge is -2.19. The fourth-order valence-corrected chi connectivity index (χ4v) is 4.90. The molecule has 2 unspecified atom stereocenters. The highest BCUT2D eigenvalue weighted by Gasteiger charge is 2.31. The van der Waals surface area contributed by atoms with Crippen LogP contribution in [0.15, 0.2) is 41.6 Å². The van der Waals surface area contributed by atoms with Crippen LogP contribution in [0.2, 0.25) is 0 Å². The number of alkyl halides is 1. The SMILES string of the molecule is O=S(=O)(NC1CCCC1CCl)c1cccc2cnccc12. The minimum Gasteiger partial charge on any atom is -0.264 e. The molecular weight excluding hydrogens is 308 g/mol. The molecule has 1 aromatic heterocycles. The van der Waals surface area contributed by atoms with Crippen LogP contribution in [0.4, 0.5) is 0 Å². The number of nitrogens with one attached hydrogen (secondary N) is 1. The molecule has 0 aliphatic heterocycles. The van der Waals surface area contributed by atoms with Crippen molar-refractivity contribution in [3.05, 3.63) is 36.7 Å². The molecule has 6 heteroatoms. The predicted molar refractivity (Wildman–Crippen MR) is 83.9 cm³/mol. The quantitative estimate of drug-likeness (QED) is 0.880. The zero-order chi connectivity index (χ0) is 14.9. The first-order chi connectivity index (χ1) is 10.1. The molecule has 1 aromatic carbocycles. The Morgan fingerprint density at radius 3 is 2.95 bits per heavy atom. The van der Waals surface area contributed by atoms with E-state index in [2.05, 4.69) is 9.71 Å². The third kappa shape index (κ3) is 2.91. The van der Waals surface area contributed by atoms with Gasteiger partial charge in [-0.3, -0.25) is 4.98 Å². The van der Waals surface area contributed by atoms with Crippen LogP contribution >= 0.6 is 11.6 Å². The Balaban J connectivity index is 1.97. The van der Waals surface area contributed by atoms with Gasteiger partial charge in [0.15, 0.2) is 0 Å². The Hall–Kier alpha value is -1.17. The molecule has 1 fully saturated rings. The topological polar surface area (TPSA) is 59.1 Å². The van der Waals surface area contributed by atoms with Gasteiger partial charge in [-0.1, -0.05) is 18.6 Å². The van der Waals surface area contributed by atoms with Gasteiger partial charge in [0.25, 0.3) is 0 Å². The van der Waals surface area contributed by atoms with E-state index < -0.39 is 10.0 Å². The van der Waals surface area contributed by atoms with Crippen molar-refractivity contribution in [2.45, 2.75) is 30.2 Å². The molecule has 0 radical (unpaired) electrons. The van der Waals surface area contributed by atoms with Crippen LogP contribution in [-0.2, 0) is 10.0 Å². The molecule has 1 saturated carbocycles. The highest BCUT2D eigenvalue weighted by Crippen LogP contribution is 2.29. The van der Waals surface area contributed by atoms with Crippen LogP contribution in [0.5, 0.6) is 0 Å². The fraction of sp³-hybridized carbons (Fsp3) is 0.400. The highest BCUT2D eigenvalue weighted by atomic mass is 35.5.